The second kappa shape index (κ2) is 6.04. The van der Waals surface area contributed by atoms with Gasteiger partial charge in [-0.15, -0.1) is 11.3 Å². The van der Waals surface area contributed by atoms with E-state index in [4.69, 9.17) is 5.11 Å². The average Bonchev–Trinajstić information content (AvgIpc) is 2.97. The summed E-state index contributed by atoms with van der Waals surface area (Å²) in [6.45, 7) is 3.01. The number of aliphatic hydroxyl groups is 1. The quantitative estimate of drug-likeness (QED) is 0.746. The van der Waals surface area contributed by atoms with Crippen molar-refractivity contribution in [1.29, 1.82) is 0 Å². The van der Waals surface area contributed by atoms with Gasteiger partial charge in [-0.2, -0.15) is 5.10 Å². The van der Waals surface area contributed by atoms with E-state index in [0.29, 0.717) is 12.1 Å². The van der Waals surface area contributed by atoms with Crippen LogP contribution < -0.4 is 4.72 Å². The van der Waals surface area contributed by atoms with Crippen LogP contribution in [0.15, 0.2) is 22.4 Å². The molecule has 2 heterocycles. The van der Waals surface area contributed by atoms with Crippen molar-refractivity contribution in [2.75, 3.05) is 0 Å². The first-order valence-electron chi connectivity index (χ1n) is 6.13. The first kappa shape index (κ1) is 15.2. The van der Waals surface area contributed by atoms with E-state index in [1.54, 1.807) is 18.3 Å². The number of nitrogens with zero attached hydrogens (tertiary/aromatic N) is 1. The summed E-state index contributed by atoms with van der Waals surface area (Å²) in [5.41, 5.74) is 0.559. The summed E-state index contributed by atoms with van der Waals surface area (Å²) >= 11 is 1.59. The van der Waals surface area contributed by atoms with Crippen molar-refractivity contribution in [3.05, 3.63) is 33.8 Å². The van der Waals surface area contributed by atoms with E-state index >= 15 is 0 Å². The molecule has 2 rings (SSSR count). The van der Waals surface area contributed by atoms with Gasteiger partial charge in [-0.25, -0.2) is 13.1 Å². The minimum absolute atomic E-state index is 0.0398. The number of hydrogen-bond acceptors (Lipinski definition) is 5. The van der Waals surface area contributed by atoms with Gasteiger partial charge >= 0.3 is 0 Å². The lowest BCUT2D eigenvalue weighted by Gasteiger charge is -2.13. The van der Waals surface area contributed by atoms with Crippen LogP contribution in [0.4, 0.5) is 0 Å². The maximum atomic E-state index is 12.4. The predicted molar refractivity (Wildman–Crippen MR) is 77.1 cm³/mol. The van der Waals surface area contributed by atoms with E-state index in [-0.39, 0.29) is 16.6 Å². The molecule has 1 atom stereocenters. The molecule has 6 nitrogen and oxygen atoms in total. The Morgan fingerprint density at radius 1 is 1.55 bits per heavy atom. The summed E-state index contributed by atoms with van der Waals surface area (Å²) in [6, 6.07) is 3.67. The van der Waals surface area contributed by atoms with E-state index in [1.165, 1.54) is 0 Å². The highest BCUT2D eigenvalue weighted by molar-refractivity contribution is 7.89. The van der Waals surface area contributed by atoms with Crippen LogP contribution in [0.1, 0.15) is 23.2 Å². The Morgan fingerprint density at radius 2 is 2.30 bits per heavy atom. The lowest BCUT2D eigenvalue weighted by Crippen LogP contribution is -2.34. The number of rotatable bonds is 6. The van der Waals surface area contributed by atoms with Crippen molar-refractivity contribution < 1.29 is 13.5 Å². The number of hydrogen-bond donors (Lipinski definition) is 3. The number of sulfonamides is 1. The zero-order valence-corrected chi connectivity index (χ0v) is 12.9. The van der Waals surface area contributed by atoms with E-state index in [1.807, 2.05) is 24.4 Å². The molecule has 3 N–H and O–H groups in total. The lowest BCUT2D eigenvalue weighted by molar-refractivity contribution is 0.273. The lowest BCUT2D eigenvalue weighted by atomic mass is 10.2. The molecular weight excluding hydrogens is 298 g/mol. The van der Waals surface area contributed by atoms with Gasteiger partial charge in [0.2, 0.25) is 10.0 Å². The third-order valence-corrected chi connectivity index (χ3v) is 5.51. The number of nitrogens with one attached hydrogen (secondary N) is 2. The molecule has 20 heavy (non-hydrogen) atoms. The maximum absolute atomic E-state index is 12.4. The van der Waals surface area contributed by atoms with Crippen LogP contribution in [0.5, 0.6) is 0 Å². The molecule has 0 bridgehead atoms. The van der Waals surface area contributed by atoms with E-state index in [2.05, 4.69) is 14.9 Å². The summed E-state index contributed by atoms with van der Waals surface area (Å²) in [7, 11) is -3.69. The molecule has 0 amide bonds. The van der Waals surface area contributed by atoms with Crippen molar-refractivity contribution >= 4 is 21.4 Å². The van der Waals surface area contributed by atoms with Gasteiger partial charge < -0.3 is 5.11 Å². The smallest absolute Gasteiger partial charge is 0.244 e. The fraction of sp³-hybridized carbons (Fsp3) is 0.417. The highest BCUT2D eigenvalue weighted by atomic mass is 32.2. The molecule has 0 aliphatic carbocycles. The zero-order valence-electron chi connectivity index (χ0n) is 11.3. The van der Waals surface area contributed by atoms with Crippen molar-refractivity contribution in [2.45, 2.75) is 37.8 Å². The largest absolute Gasteiger partial charge is 0.390 e. The molecule has 2 aromatic rings. The Kier molecular flexibility index (Phi) is 4.59. The van der Waals surface area contributed by atoms with Gasteiger partial charge in [0, 0.05) is 10.9 Å². The Balaban J connectivity index is 2.16. The van der Waals surface area contributed by atoms with Gasteiger partial charge in [0.05, 0.1) is 12.3 Å². The third-order valence-electron chi connectivity index (χ3n) is 2.82. The van der Waals surface area contributed by atoms with Crippen molar-refractivity contribution in [3.63, 3.8) is 0 Å². The topological polar surface area (TPSA) is 95.1 Å². The van der Waals surface area contributed by atoms with Gasteiger partial charge in [-0.3, -0.25) is 5.10 Å². The number of H-pyrrole nitrogens is 1. The third kappa shape index (κ3) is 3.26. The van der Waals surface area contributed by atoms with Crippen LogP contribution in [-0.4, -0.2) is 29.8 Å². The van der Waals surface area contributed by atoms with E-state index in [9.17, 15) is 8.42 Å². The van der Waals surface area contributed by atoms with Crippen LogP contribution in [0, 0.1) is 6.92 Å². The number of aromatic amines is 1. The van der Waals surface area contributed by atoms with Crippen LogP contribution >= 0.6 is 11.3 Å². The fourth-order valence-electron chi connectivity index (χ4n) is 2.03. The molecular formula is C12H17N3O3S2. The van der Waals surface area contributed by atoms with Crippen LogP contribution in [0.2, 0.25) is 0 Å². The molecule has 110 valence electrons. The summed E-state index contributed by atoms with van der Waals surface area (Å²) in [5, 5.41) is 17.5. The summed E-state index contributed by atoms with van der Waals surface area (Å²) in [5.74, 6) is 0. The first-order valence-corrected chi connectivity index (χ1v) is 8.49. The maximum Gasteiger partial charge on any atom is 0.244 e. The molecule has 1 unspecified atom stereocenters. The fourth-order valence-corrected chi connectivity index (χ4v) is 4.46. The highest BCUT2D eigenvalue weighted by Gasteiger charge is 2.25. The molecule has 0 saturated heterocycles. The Hall–Kier alpha value is -1.22. The second-order valence-electron chi connectivity index (χ2n) is 4.59. The molecule has 0 spiro atoms. The zero-order chi connectivity index (χ0) is 14.8. The SMILES string of the molecule is Cc1[nH]nc(CO)c1S(=O)(=O)NC(C)Cc1cccs1. The number of aromatic nitrogens is 2. The van der Waals surface area contributed by atoms with Gasteiger partial charge in [0.25, 0.3) is 0 Å². The van der Waals surface area contributed by atoms with Gasteiger partial charge in [0.15, 0.2) is 0 Å². The normalized spacial score (nSPS) is 13.6. The highest BCUT2D eigenvalue weighted by Crippen LogP contribution is 2.19. The van der Waals surface area contributed by atoms with Gasteiger partial charge in [-0.05, 0) is 31.7 Å². The molecule has 0 aliphatic rings. The van der Waals surface area contributed by atoms with Crippen LogP contribution in [-0.2, 0) is 23.1 Å². The van der Waals surface area contributed by atoms with Gasteiger partial charge in [0.1, 0.15) is 10.6 Å². The van der Waals surface area contributed by atoms with Crippen molar-refractivity contribution in [1.82, 2.24) is 14.9 Å². The average molecular weight is 315 g/mol. The molecule has 0 aromatic carbocycles. The Morgan fingerprint density at radius 3 is 2.90 bits per heavy atom. The molecule has 0 fully saturated rings. The monoisotopic (exact) mass is 315 g/mol. The molecule has 8 heteroatoms. The summed E-state index contributed by atoms with van der Waals surface area (Å²) in [4.78, 5) is 1.16. The Labute approximate surface area is 121 Å². The van der Waals surface area contributed by atoms with Gasteiger partial charge in [-0.1, -0.05) is 6.07 Å². The standard InChI is InChI=1S/C12H17N3O3S2/c1-8(6-10-4-3-5-19-10)15-20(17,18)12-9(2)13-14-11(12)7-16/h3-5,8,15-16H,6-7H2,1-2H3,(H,13,14). The van der Waals surface area contributed by atoms with Crippen LogP contribution in [0.25, 0.3) is 0 Å². The predicted octanol–water partition coefficient (Wildman–Crippen LogP) is 1.18. The number of thiophene rings is 1. The number of aryl methyl sites for hydroxylation is 1. The molecule has 2 aromatic heterocycles. The van der Waals surface area contributed by atoms with Crippen molar-refractivity contribution in [2.24, 2.45) is 0 Å². The Bertz CT molecular complexity index is 662. The minimum Gasteiger partial charge on any atom is -0.390 e. The minimum atomic E-state index is -3.69. The summed E-state index contributed by atoms with van der Waals surface area (Å²) in [6.07, 6.45) is 0.627. The molecule has 0 aliphatic heterocycles. The first-order chi connectivity index (χ1) is 9.44. The van der Waals surface area contributed by atoms with Crippen LogP contribution in [0.3, 0.4) is 0 Å². The van der Waals surface area contributed by atoms with E-state index < -0.39 is 16.6 Å². The molecule has 0 saturated carbocycles. The second-order valence-corrected chi connectivity index (χ2v) is 7.27. The molecule has 0 radical (unpaired) electrons. The summed E-state index contributed by atoms with van der Waals surface area (Å²) < 4.78 is 27.3. The van der Waals surface area contributed by atoms with E-state index in [0.717, 1.165) is 4.88 Å². The van der Waals surface area contributed by atoms with Crippen molar-refractivity contribution in [3.8, 4) is 0 Å². The number of aliphatic hydroxyl groups excluding tert-OH is 1.